The number of aromatic nitrogens is 2. The summed E-state index contributed by atoms with van der Waals surface area (Å²) in [5.74, 6) is 0. The summed E-state index contributed by atoms with van der Waals surface area (Å²) >= 11 is 0. The van der Waals surface area contributed by atoms with Gasteiger partial charge >= 0.3 is 0 Å². The van der Waals surface area contributed by atoms with Gasteiger partial charge in [-0.25, -0.2) is 8.42 Å². The number of para-hydroxylation sites is 2. The monoisotopic (exact) mass is 292 g/mol. The van der Waals surface area contributed by atoms with Crippen LogP contribution in [0, 0.1) is 0 Å². The Labute approximate surface area is 117 Å². The quantitative estimate of drug-likeness (QED) is 0.901. The normalized spacial score (nSPS) is 15.5. The maximum absolute atomic E-state index is 12.2. The van der Waals surface area contributed by atoms with Gasteiger partial charge in [-0.2, -0.15) is 5.10 Å². The lowest BCUT2D eigenvalue weighted by atomic mass is 10.2. The molecule has 0 aliphatic carbocycles. The van der Waals surface area contributed by atoms with Crippen LogP contribution in [0.5, 0.6) is 0 Å². The highest BCUT2D eigenvalue weighted by Gasteiger charge is 2.20. The first kappa shape index (κ1) is 13.0. The number of H-pyrrole nitrogens is 1. The van der Waals surface area contributed by atoms with Crippen molar-refractivity contribution in [1.29, 1.82) is 0 Å². The zero-order chi connectivity index (χ0) is 14.0. The maximum Gasteiger partial charge on any atom is 0.265 e. The van der Waals surface area contributed by atoms with E-state index in [0.29, 0.717) is 5.69 Å². The van der Waals surface area contributed by atoms with Gasteiger partial charge in [-0.3, -0.25) is 9.82 Å². The third kappa shape index (κ3) is 2.49. The van der Waals surface area contributed by atoms with E-state index in [1.165, 1.54) is 12.4 Å². The molecule has 0 saturated carbocycles. The molecule has 6 nitrogen and oxygen atoms in total. The van der Waals surface area contributed by atoms with E-state index < -0.39 is 10.0 Å². The molecule has 0 radical (unpaired) electrons. The number of nitrogens with zero attached hydrogens (tertiary/aromatic N) is 2. The molecule has 1 aromatic heterocycles. The molecule has 1 saturated heterocycles. The Bertz CT molecular complexity index is 676. The molecule has 2 N–H and O–H groups in total. The van der Waals surface area contributed by atoms with Gasteiger partial charge in [-0.05, 0) is 25.0 Å². The first-order chi connectivity index (χ1) is 9.67. The molecule has 0 amide bonds. The lowest BCUT2D eigenvalue weighted by Gasteiger charge is -2.21. The van der Waals surface area contributed by atoms with Crippen molar-refractivity contribution in [2.45, 2.75) is 17.7 Å². The molecule has 0 unspecified atom stereocenters. The van der Waals surface area contributed by atoms with E-state index in [1.807, 2.05) is 18.2 Å². The first-order valence-electron chi connectivity index (χ1n) is 6.52. The van der Waals surface area contributed by atoms with Crippen LogP contribution in [0.1, 0.15) is 12.8 Å². The second-order valence-corrected chi connectivity index (χ2v) is 6.43. The van der Waals surface area contributed by atoms with Crippen LogP contribution in [0.4, 0.5) is 11.4 Å². The molecule has 106 valence electrons. The molecule has 2 aromatic rings. The van der Waals surface area contributed by atoms with Crippen LogP contribution in [-0.2, 0) is 10.0 Å². The Morgan fingerprint density at radius 3 is 2.65 bits per heavy atom. The molecule has 20 heavy (non-hydrogen) atoms. The standard InChI is InChI=1S/C13H16N4O2S/c18-20(19,11-9-14-15-10-11)16-12-5-1-2-6-13(12)17-7-3-4-8-17/h1-2,5-6,9-10,16H,3-4,7-8H2,(H,14,15). The number of hydrogen-bond donors (Lipinski definition) is 2. The number of anilines is 2. The van der Waals surface area contributed by atoms with Gasteiger partial charge < -0.3 is 4.90 Å². The minimum absolute atomic E-state index is 0.133. The Hall–Kier alpha value is -2.02. The van der Waals surface area contributed by atoms with E-state index >= 15 is 0 Å². The molecule has 1 aromatic carbocycles. The van der Waals surface area contributed by atoms with E-state index in [2.05, 4.69) is 19.8 Å². The molecule has 0 spiro atoms. The van der Waals surface area contributed by atoms with Gasteiger partial charge in [-0.1, -0.05) is 12.1 Å². The molecule has 1 aliphatic heterocycles. The molecule has 0 atom stereocenters. The van der Waals surface area contributed by atoms with Crippen molar-refractivity contribution in [3.05, 3.63) is 36.7 Å². The zero-order valence-corrected chi connectivity index (χ0v) is 11.7. The predicted molar refractivity (Wildman–Crippen MR) is 77.3 cm³/mol. The van der Waals surface area contributed by atoms with E-state index in [1.54, 1.807) is 6.07 Å². The Balaban J connectivity index is 1.91. The van der Waals surface area contributed by atoms with E-state index in [4.69, 9.17) is 0 Å². The number of rotatable bonds is 4. The van der Waals surface area contributed by atoms with Gasteiger partial charge in [0.1, 0.15) is 4.90 Å². The van der Waals surface area contributed by atoms with Gasteiger partial charge in [-0.15, -0.1) is 0 Å². The highest BCUT2D eigenvalue weighted by molar-refractivity contribution is 7.92. The Kier molecular flexibility index (Phi) is 3.35. The summed E-state index contributed by atoms with van der Waals surface area (Å²) in [6, 6.07) is 7.47. The van der Waals surface area contributed by atoms with Gasteiger partial charge in [0.15, 0.2) is 0 Å². The van der Waals surface area contributed by atoms with Gasteiger partial charge in [0.25, 0.3) is 10.0 Å². The van der Waals surface area contributed by atoms with Crippen LogP contribution in [-0.4, -0.2) is 31.7 Å². The summed E-state index contributed by atoms with van der Waals surface area (Å²) in [6.45, 7) is 1.93. The molecule has 0 bridgehead atoms. The topological polar surface area (TPSA) is 78.1 Å². The van der Waals surface area contributed by atoms with E-state index in [9.17, 15) is 8.42 Å². The van der Waals surface area contributed by atoms with Crippen LogP contribution in [0.15, 0.2) is 41.6 Å². The van der Waals surface area contributed by atoms with Crippen molar-refractivity contribution < 1.29 is 8.42 Å². The number of benzene rings is 1. The summed E-state index contributed by atoms with van der Waals surface area (Å²) in [4.78, 5) is 2.33. The van der Waals surface area contributed by atoms with Crippen molar-refractivity contribution in [1.82, 2.24) is 10.2 Å². The second-order valence-electron chi connectivity index (χ2n) is 4.75. The smallest absolute Gasteiger partial charge is 0.265 e. The third-order valence-electron chi connectivity index (χ3n) is 3.38. The fourth-order valence-corrected chi connectivity index (χ4v) is 3.36. The maximum atomic E-state index is 12.2. The molecule has 2 heterocycles. The van der Waals surface area contributed by atoms with Crippen molar-refractivity contribution >= 4 is 21.4 Å². The van der Waals surface area contributed by atoms with Gasteiger partial charge in [0.2, 0.25) is 0 Å². The predicted octanol–water partition coefficient (Wildman–Crippen LogP) is 1.81. The Morgan fingerprint density at radius 2 is 1.95 bits per heavy atom. The minimum atomic E-state index is -3.59. The number of nitrogens with one attached hydrogen (secondary N) is 2. The fourth-order valence-electron chi connectivity index (χ4n) is 2.38. The molecule has 7 heteroatoms. The van der Waals surface area contributed by atoms with Crippen molar-refractivity contribution in [3.63, 3.8) is 0 Å². The van der Waals surface area contributed by atoms with Crippen LogP contribution in [0.3, 0.4) is 0 Å². The van der Waals surface area contributed by atoms with Crippen LogP contribution < -0.4 is 9.62 Å². The first-order valence-corrected chi connectivity index (χ1v) is 8.01. The van der Waals surface area contributed by atoms with Crippen LogP contribution >= 0.6 is 0 Å². The Morgan fingerprint density at radius 1 is 1.20 bits per heavy atom. The summed E-state index contributed by atoms with van der Waals surface area (Å²) < 4.78 is 27.1. The summed E-state index contributed by atoms with van der Waals surface area (Å²) in [7, 11) is -3.59. The van der Waals surface area contributed by atoms with E-state index in [-0.39, 0.29) is 4.90 Å². The molecule has 3 rings (SSSR count). The van der Waals surface area contributed by atoms with E-state index in [0.717, 1.165) is 31.6 Å². The lowest BCUT2D eigenvalue weighted by molar-refractivity contribution is 0.601. The van der Waals surface area contributed by atoms with Crippen molar-refractivity contribution in [2.75, 3.05) is 22.7 Å². The number of hydrogen-bond acceptors (Lipinski definition) is 4. The molecular formula is C13H16N4O2S. The number of aromatic amines is 1. The highest BCUT2D eigenvalue weighted by atomic mass is 32.2. The van der Waals surface area contributed by atoms with Crippen molar-refractivity contribution in [3.8, 4) is 0 Å². The fraction of sp³-hybridized carbons (Fsp3) is 0.308. The zero-order valence-electron chi connectivity index (χ0n) is 10.9. The van der Waals surface area contributed by atoms with Gasteiger partial charge in [0, 0.05) is 19.3 Å². The highest BCUT2D eigenvalue weighted by Crippen LogP contribution is 2.30. The average molecular weight is 292 g/mol. The molecule has 1 aliphatic rings. The number of sulfonamides is 1. The SMILES string of the molecule is O=S(=O)(Nc1ccccc1N1CCCC1)c1cn[nH]c1. The van der Waals surface area contributed by atoms with Crippen molar-refractivity contribution in [2.24, 2.45) is 0 Å². The summed E-state index contributed by atoms with van der Waals surface area (Å²) in [5.41, 5.74) is 1.53. The van der Waals surface area contributed by atoms with Gasteiger partial charge in [0.05, 0.1) is 17.6 Å². The third-order valence-corrected chi connectivity index (χ3v) is 4.71. The summed E-state index contributed by atoms with van der Waals surface area (Å²) in [5, 5.41) is 6.19. The van der Waals surface area contributed by atoms with Crippen LogP contribution in [0.25, 0.3) is 0 Å². The lowest BCUT2D eigenvalue weighted by Crippen LogP contribution is -2.21. The molecular weight excluding hydrogens is 276 g/mol. The average Bonchev–Trinajstić information content (AvgIpc) is 3.13. The minimum Gasteiger partial charge on any atom is -0.370 e. The molecule has 1 fully saturated rings. The largest absolute Gasteiger partial charge is 0.370 e. The summed E-state index contributed by atoms with van der Waals surface area (Å²) in [6.07, 6.45) is 4.94. The second kappa shape index (κ2) is 5.16. The van der Waals surface area contributed by atoms with Crippen LogP contribution in [0.2, 0.25) is 0 Å².